The summed E-state index contributed by atoms with van der Waals surface area (Å²) in [4.78, 5) is 29.7. The summed E-state index contributed by atoms with van der Waals surface area (Å²) < 4.78 is 14.4. The number of hydrogen-bond acceptors (Lipinski definition) is 4. The average Bonchev–Trinajstić information content (AvgIpc) is 3.18. The molecule has 0 spiro atoms. The second-order valence-corrected chi connectivity index (χ2v) is 10.4. The van der Waals surface area contributed by atoms with E-state index in [0.717, 1.165) is 45.2 Å². The standard InChI is InChI=1S/C23H39FN4O2/c1-14(2)28-10-9-27(13-21(28)29)17-6-4-5-16(11-17)25-23(30)20-12-18-19(24)8-7-15(3)22(18)26-20/h14-20,22,26H,4-13H2,1-3H3,(H,25,30). The van der Waals surface area contributed by atoms with Gasteiger partial charge < -0.3 is 15.5 Å². The fraction of sp³-hybridized carbons (Fsp3) is 0.913. The Labute approximate surface area is 180 Å². The van der Waals surface area contributed by atoms with Gasteiger partial charge in [-0.15, -0.1) is 0 Å². The van der Waals surface area contributed by atoms with Gasteiger partial charge in [-0.1, -0.05) is 6.92 Å². The minimum absolute atomic E-state index is 0.0214. The van der Waals surface area contributed by atoms with E-state index in [1.54, 1.807) is 0 Å². The van der Waals surface area contributed by atoms with Gasteiger partial charge in [0.05, 0.1) is 12.6 Å². The van der Waals surface area contributed by atoms with Crippen molar-refractivity contribution in [1.82, 2.24) is 20.4 Å². The van der Waals surface area contributed by atoms with E-state index < -0.39 is 6.17 Å². The molecule has 2 aliphatic heterocycles. The molecule has 7 unspecified atom stereocenters. The maximum atomic E-state index is 14.4. The van der Waals surface area contributed by atoms with Crippen LogP contribution in [0.15, 0.2) is 0 Å². The summed E-state index contributed by atoms with van der Waals surface area (Å²) in [6.07, 6.45) is 5.42. The molecule has 170 valence electrons. The van der Waals surface area contributed by atoms with Crippen molar-refractivity contribution in [2.75, 3.05) is 19.6 Å². The Morgan fingerprint density at radius 1 is 1.17 bits per heavy atom. The third kappa shape index (κ3) is 4.52. The molecule has 2 saturated heterocycles. The van der Waals surface area contributed by atoms with Crippen LogP contribution in [0.25, 0.3) is 0 Å². The first-order valence-corrected chi connectivity index (χ1v) is 12.1. The summed E-state index contributed by atoms with van der Waals surface area (Å²) in [5, 5.41) is 6.71. The van der Waals surface area contributed by atoms with Gasteiger partial charge >= 0.3 is 0 Å². The van der Waals surface area contributed by atoms with Gasteiger partial charge in [0.25, 0.3) is 0 Å². The lowest BCUT2D eigenvalue weighted by atomic mass is 9.77. The average molecular weight is 423 g/mol. The zero-order chi connectivity index (χ0) is 21.4. The summed E-state index contributed by atoms with van der Waals surface area (Å²) in [5.74, 6) is 0.665. The lowest BCUT2D eigenvalue weighted by molar-refractivity contribution is -0.139. The van der Waals surface area contributed by atoms with Gasteiger partial charge in [-0.2, -0.15) is 0 Å². The van der Waals surface area contributed by atoms with Crippen molar-refractivity contribution in [3.05, 3.63) is 0 Å². The van der Waals surface area contributed by atoms with Gasteiger partial charge in [0.15, 0.2) is 0 Å². The molecular weight excluding hydrogens is 383 g/mol. The summed E-state index contributed by atoms with van der Waals surface area (Å²) in [6, 6.07) is 0.628. The fourth-order valence-electron chi connectivity index (χ4n) is 6.29. The van der Waals surface area contributed by atoms with Crippen molar-refractivity contribution < 1.29 is 14.0 Å². The van der Waals surface area contributed by atoms with Crippen LogP contribution in [0, 0.1) is 11.8 Å². The highest BCUT2D eigenvalue weighted by atomic mass is 19.1. The fourth-order valence-corrected chi connectivity index (χ4v) is 6.29. The second kappa shape index (κ2) is 9.11. The normalized spacial score (nSPS) is 40.5. The molecule has 2 amide bonds. The lowest BCUT2D eigenvalue weighted by Crippen LogP contribution is -2.57. The third-order valence-corrected chi connectivity index (χ3v) is 8.07. The topological polar surface area (TPSA) is 64.7 Å². The number of amides is 2. The summed E-state index contributed by atoms with van der Waals surface area (Å²) in [5.41, 5.74) is 0. The number of alkyl halides is 1. The van der Waals surface area contributed by atoms with E-state index in [4.69, 9.17) is 0 Å². The smallest absolute Gasteiger partial charge is 0.237 e. The molecule has 0 bridgehead atoms. The number of carbonyl (C=O) groups is 2. The van der Waals surface area contributed by atoms with Gasteiger partial charge in [-0.3, -0.25) is 14.5 Å². The van der Waals surface area contributed by atoms with Gasteiger partial charge in [-0.25, -0.2) is 4.39 Å². The van der Waals surface area contributed by atoms with Crippen LogP contribution in [0.3, 0.4) is 0 Å². The number of carbonyl (C=O) groups excluding carboxylic acids is 2. The number of rotatable bonds is 4. The Balaban J connectivity index is 1.29. The largest absolute Gasteiger partial charge is 0.352 e. The van der Waals surface area contributed by atoms with Crippen molar-refractivity contribution in [3.63, 3.8) is 0 Å². The first-order valence-electron chi connectivity index (χ1n) is 12.1. The molecule has 0 radical (unpaired) electrons. The molecule has 7 heteroatoms. The molecule has 4 rings (SSSR count). The minimum Gasteiger partial charge on any atom is -0.352 e. The van der Waals surface area contributed by atoms with E-state index >= 15 is 0 Å². The Morgan fingerprint density at radius 2 is 1.97 bits per heavy atom. The Bertz CT molecular complexity index is 627. The van der Waals surface area contributed by atoms with Crippen molar-refractivity contribution in [1.29, 1.82) is 0 Å². The maximum absolute atomic E-state index is 14.4. The van der Waals surface area contributed by atoms with Crippen LogP contribution in [0.2, 0.25) is 0 Å². The number of hydrogen-bond donors (Lipinski definition) is 2. The van der Waals surface area contributed by atoms with E-state index in [9.17, 15) is 14.0 Å². The minimum atomic E-state index is -0.780. The number of halogens is 1. The van der Waals surface area contributed by atoms with Crippen molar-refractivity contribution in [2.24, 2.45) is 11.8 Å². The zero-order valence-electron chi connectivity index (χ0n) is 18.8. The Hall–Kier alpha value is -1.21. The van der Waals surface area contributed by atoms with Gasteiger partial charge in [-0.05, 0) is 64.7 Å². The number of fused-ring (bicyclic) bond motifs is 1. The molecular formula is C23H39FN4O2. The zero-order valence-corrected chi connectivity index (χ0v) is 18.8. The molecule has 0 aromatic rings. The molecule has 2 aliphatic carbocycles. The first kappa shape index (κ1) is 22.0. The van der Waals surface area contributed by atoms with Crippen LogP contribution in [0.1, 0.15) is 65.7 Å². The summed E-state index contributed by atoms with van der Waals surface area (Å²) in [6.45, 7) is 8.51. The van der Waals surface area contributed by atoms with E-state index in [1.807, 2.05) is 4.90 Å². The molecule has 4 fully saturated rings. The molecule has 30 heavy (non-hydrogen) atoms. The summed E-state index contributed by atoms with van der Waals surface area (Å²) >= 11 is 0. The van der Waals surface area contributed by atoms with Crippen molar-refractivity contribution >= 4 is 11.8 Å². The quantitative estimate of drug-likeness (QED) is 0.728. The number of nitrogens with one attached hydrogen (secondary N) is 2. The predicted octanol–water partition coefficient (Wildman–Crippen LogP) is 2.08. The predicted molar refractivity (Wildman–Crippen MR) is 115 cm³/mol. The highest BCUT2D eigenvalue weighted by Gasteiger charge is 2.46. The number of nitrogens with zero attached hydrogens (tertiary/aromatic N) is 2. The van der Waals surface area contributed by atoms with Gasteiger partial charge in [0.2, 0.25) is 11.8 Å². The number of piperazine rings is 1. The summed E-state index contributed by atoms with van der Waals surface area (Å²) in [7, 11) is 0. The highest BCUT2D eigenvalue weighted by molar-refractivity contribution is 5.82. The second-order valence-electron chi connectivity index (χ2n) is 10.4. The van der Waals surface area contributed by atoms with Crippen LogP contribution in [-0.2, 0) is 9.59 Å². The first-order chi connectivity index (χ1) is 14.3. The monoisotopic (exact) mass is 422 g/mol. The van der Waals surface area contributed by atoms with Crippen LogP contribution in [0.4, 0.5) is 4.39 Å². The van der Waals surface area contributed by atoms with Crippen molar-refractivity contribution in [2.45, 2.75) is 102 Å². The highest BCUT2D eigenvalue weighted by Crippen LogP contribution is 2.38. The molecule has 7 atom stereocenters. The molecule has 0 aromatic heterocycles. The van der Waals surface area contributed by atoms with Crippen LogP contribution in [-0.4, -0.2) is 77.6 Å². The molecule has 2 saturated carbocycles. The van der Waals surface area contributed by atoms with Gasteiger partial charge in [0.1, 0.15) is 6.17 Å². The van der Waals surface area contributed by atoms with Crippen LogP contribution < -0.4 is 10.6 Å². The molecule has 2 N–H and O–H groups in total. The van der Waals surface area contributed by atoms with Crippen LogP contribution in [0.5, 0.6) is 0 Å². The van der Waals surface area contributed by atoms with E-state index in [0.29, 0.717) is 31.3 Å². The lowest BCUT2D eigenvalue weighted by Gasteiger charge is -2.43. The Kier molecular flexibility index (Phi) is 6.68. The third-order valence-electron chi connectivity index (χ3n) is 8.07. The maximum Gasteiger partial charge on any atom is 0.237 e. The van der Waals surface area contributed by atoms with E-state index in [2.05, 4.69) is 36.3 Å². The molecule has 6 nitrogen and oxygen atoms in total. The molecule has 2 heterocycles. The molecule has 4 aliphatic rings. The van der Waals surface area contributed by atoms with E-state index in [-0.39, 0.29) is 41.9 Å². The van der Waals surface area contributed by atoms with Gasteiger partial charge in [0, 0.05) is 43.2 Å². The van der Waals surface area contributed by atoms with Crippen LogP contribution >= 0.6 is 0 Å². The van der Waals surface area contributed by atoms with Crippen molar-refractivity contribution in [3.8, 4) is 0 Å². The molecule has 0 aromatic carbocycles. The van der Waals surface area contributed by atoms with E-state index in [1.165, 1.54) is 0 Å². The Morgan fingerprint density at radius 3 is 2.67 bits per heavy atom. The SMILES string of the molecule is CC1CCC(F)C2CC(C(=O)NC3CCCC(N4CCN(C(C)C)C(=O)C4)C3)NC12.